The third-order valence-corrected chi connectivity index (χ3v) is 2.81. The van der Waals surface area contributed by atoms with Crippen molar-refractivity contribution in [1.29, 1.82) is 0 Å². The number of nitrogens with one attached hydrogen (secondary N) is 1. The highest BCUT2D eigenvalue weighted by Gasteiger charge is 2.10. The molecular weight excluding hydrogens is 230 g/mol. The lowest BCUT2D eigenvalue weighted by Gasteiger charge is -2.09. The van der Waals surface area contributed by atoms with E-state index in [1.807, 2.05) is 35.7 Å². The first-order valence-electron chi connectivity index (χ1n) is 6.04. The van der Waals surface area contributed by atoms with Crippen molar-refractivity contribution < 1.29 is 4.79 Å². The van der Waals surface area contributed by atoms with Gasteiger partial charge in [0.15, 0.2) is 5.65 Å². The Morgan fingerprint density at radius 2 is 2.33 bits per heavy atom. The highest BCUT2D eigenvalue weighted by molar-refractivity contribution is 5.81. The number of carbonyl (C=O) groups is 1. The molecular formula is C12H17N5O. The van der Waals surface area contributed by atoms with E-state index < -0.39 is 6.04 Å². The third kappa shape index (κ3) is 2.65. The van der Waals surface area contributed by atoms with Gasteiger partial charge in [0.1, 0.15) is 5.82 Å². The highest BCUT2D eigenvalue weighted by atomic mass is 16.2. The molecule has 6 nitrogen and oxygen atoms in total. The third-order valence-electron chi connectivity index (χ3n) is 2.81. The molecule has 0 spiro atoms. The smallest absolute Gasteiger partial charge is 0.236 e. The van der Waals surface area contributed by atoms with Crippen LogP contribution in [0.5, 0.6) is 0 Å². The van der Waals surface area contributed by atoms with Gasteiger partial charge in [-0.3, -0.25) is 9.20 Å². The molecule has 0 aliphatic rings. The van der Waals surface area contributed by atoms with Crippen molar-refractivity contribution in [3.8, 4) is 0 Å². The molecule has 2 rings (SSSR count). The topological polar surface area (TPSA) is 85.3 Å². The summed E-state index contributed by atoms with van der Waals surface area (Å²) < 4.78 is 1.91. The van der Waals surface area contributed by atoms with Gasteiger partial charge in [0.25, 0.3) is 0 Å². The van der Waals surface area contributed by atoms with Gasteiger partial charge in [-0.2, -0.15) is 0 Å². The summed E-state index contributed by atoms with van der Waals surface area (Å²) in [5.41, 5.74) is 6.43. The predicted octanol–water partition coefficient (Wildman–Crippen LogP) is 0.125. The van der Waals surface area contributed by atoms with Crippen LogP contribution in [0.15, 0.2) is 24.4 Å². The second-order valence-corrected chi connectivity index (χ2v) is 4.10. The summed E-state index contributed by atoms with van der Waals surface area (Å²) in [5.74, 6) is 0.710. The molecule has 0 saturated carbocycles. The Hall–Kier alpha value is -1.95. The average molecular weight is 247 g/mol. The van der Waals surface area contributed by atoms with Gasteiger partial charge in [-0.05, 0) is 18.6 Å². The standard InChI is InChI=1S/C12H17N5O/c1-2-9(13)12(18)14-7-6-11-16-15-10-5-3-4-8-17(10)11/h3-5,8-9H,2,6-7,13H2,1H3,(H,14,18). The molecule has 6 heteroatoms. The number of aromatic nitrogens is 3. The Morgan fingerprint density at radius 3 is 3.11 bits per heavy atom. The van der Waals surface area contributed by atoms with Crippen molar-refractivity contribution in [3.63, 3.8) is 0 Å². The minimum absolute atomic E-state index is 0.119. The summed E-state index contributed by atoms with van der Waals surface area (Å²) in [5, 5.41) is 10.9. The first-order valence-corrected chi connectivity index (χ1v) is 6.04. The van der Waals surface area contributed by atoms with Crippen molar-refractivity contribution >= 4 is 11.6 Å². The molecule has 3 N–H and O–H groups in total. The molecule has 1 unspecified atom stereocenters. The lowest BCUT2D eigenvalue weighted by atomic mass is 10.2. The zero-order valence-corrected chi connectivity index (χ0v) is 10.3. The van der Waals surface area contributed by atoms with Gasteiger partial charge in [0, 0.05) is 19.2 Å². The molecule has 0 fully saturated rings. The molecule has 0 aromatic carbocycles. The lowest BCUT2D eigenvalue weighted by Crippen LogP contribution is -2.40. The largest absolute Gasteiger partial charge is 0.354 e. The molecule has 0 bridgehead atoms. The Kier molecular flexibility index (Phi) is 3.88. The number of nitrogens with zero attached hydrogens (tertiary/aromatic N) is 3. The van der Waals surface area contributed by atoms with E-state index in [0.717, 1.165) is 11.5 Å². The Balaban J connectivity index is 1.93. The van der Waals surface area contributed by atoms with Crippen molar-refractivity contribution in [2.24, 2.45) is 5.73 Å². The first-order chi connectivity index (χ1) is 8.72. The number of nitrogens with two attached hydrogens (primary N) is 1. The minimum atomic E-state index is -0.430. The van der Waals surface area contributed by atoms with Crippen molar-refractivity contribution in [1.82, 2.24) is 19.9 Å². The van der Waals surface area contributed by atoms with E-state index in [0.29, 0.717) is 19.4 Å². The van der Waals surface area contributed by atoms with Gasteiger partial charge in [-0.1, -0.05) is 13.0 Å². The first kappa shape index (κ1) is 12.5. The molecule has 2 aromatic rings. The van der Waals surface area contributed by atoms with Gasteiger partial charge < -0.3 is 11.1 Å². The monoisotopic (exact) mass is 247 g/mol. The van der Waals surface area contributed by atoms with Gasteiger partial charge in [-0.15, -0.1) is 10.2 Å². The molecule has 0 aliphatic heterocycles. The summed E-state index contributed by atoms with van der Waals surface area (Å²) in [7, 11) is 0. The van der Waals surface area contributed by atoms with Crippen LogP contribution in [0.2, 0.25) is 0 Å². The molecule has 96 valence electrons. The number of amides is 1. The number of carbonyl (C=O) groups excluding carboxylic acids is 1. The summed E-state index contributed by atoms with van der Waals surface area (Å²) >= 11 is 0. The van der Waals surface area contributed by atoms with E-state index in [2.05, 4.69) is 15.5 Å². The quantitative estimate of drug-likeness (QED) is 0.786. The fourth-order valence-electron chi connectivity index (χ4n) is 1.68. The average Bonchev–Trinajstić information content (AvgIpc) is 2.81. The number of rotatable bonds is 5. The van der Waals surface area contributed by atoms with E-state index in [1.54, 1.807) is 0 Å². The SMILES string of the molecule is CCC(N)C(=O)NCCc1nnc2ccccn12. The van der Waals surface area contributed by atoms with Crippen molar-refractivity contribution in [2.75, 3.05) is 6.54 Å². The van der Waals surface area contributed by atoms with Gasteiger partial charge in [-0.25, -0.2) is 0 Å². The van der Waals surface area contributed by atoms with Gasteiger partial charge >= 0.3 is 0 Å². The summed E-state index contributed by atoms with van der Waals surface area (Å²) in [6.07, 6.45) is 3.18. The van der Waals surface area contributed by atoms with Crippen LogP contribution in [-0.2, 0) is 11.2 Å². The maximum Gasteiger partial charge on any atom is 0.236 e. The van der Waals surface area contributed by atoms with Gasteiger partial charge in [0.05, 0.1) is 6.04 Å². The Morgan fingerprint density at radius 1 is 1.50 bits per heavy atom. The molecule has 0 saturated heterocycles. The molecule has 18 heavy (non-hydrogen) atoms. The number of fused-ring (bicyclic) bond motifs is 1. The molecule has 2 aromatic heterocycles. The predicted molar refractivity (Wildman–Crippen MR) is 68.0 cm³/mol. The Bertz CT molecular complexity index is 536. The van der Waals surface area contributed by atoms with E-state index in [1.165, 1.54) is 0 Å². The number of hydrogen-bond donors (Lipinski definition) is 2. The van der Waals surface area contributed by atoms with Crippen LogP contribution in [0, 0.1) is 0 Å². The van der Waals surface area contributed by atoms with Crippen LogP contribution in [0.25, 0.3) is 5.65 Å². The van der Waals surface area contributed by atoms with Crippen molar-refractivity contribution in [3.05, 3.63) is 30.2 Å². The van der Waals surface area contributed by atoms with Crippen LogP contribution < -0.4 is 11.1 Å². The maximum absolute atomic E-state index is 11.5. The van der Waals surface area contributed by atoms with Crippen LogP contribution in [0.4, 0.5) is 0 Å². The van der Waals surface area contributed by atoms with Crippen LogP contribution in [0.1, 0.15) is 19.2 Å². The summed E-state index contributed by atoms with van der Waals surface area (Å²) in [4.78, 5) is 11.5. The molecule has 0 radical (unpaired) electrons. The fraction of sp³-hybridized carbons (Fsp3) is 0.417. The normalized spacial score (nSPS) is 12.6. The van der Waals surface area contributed by atoms with Gasteiger partial charge in [0.2, 0.25) is 5.91 Å². The summed E-state index contributed by atoms with van der Waals surface area (Å²) in [6.45, 7) is 2.40. The lowest BCUT2D eigenvalue weighted by molar-refractivity contribution is -0.122. The maximum atomic E-state index is 11.5. The number of hydrogen-bond acceptors (Lipinski definition) is 4. The van der Waals surface area contributed by atoms with E-state index in [9.17, 15) is 4.79 Å². The van der Waals surface area contributed by atoms with E-state index >= 15 is 0 Å². The number of pyridine rings is 1. The second kappa shape index (κ2) is 5.59. The molecule has 1 amide bonds. The minimum Gasteiger partial charge on any atom is -0.354 e. The Labute approximate surface area is 105 Å². The second-order valence-electron chi connectivity index (χ2n) is 4.10. The van der Waals surface area contributed by atoms with Crippen LogP contribution in [0.3, 0.4) is 0 Å². The molecule has 0 aliphatic carbocycles. The molecule has 1 atom stereocenters. The summed E-state index contributed by atoms with van der Waals surface area (Å²) in [6, 6.07) is 5.30. The van der Waals surface area contributed by atoms with E-state index in [-0.39, 0.29) is 5.91 Å². The zero-order valence-electron chi connectivity index (χ0n) is 10.3. The van der Waals surface area contributed by atoms with Crippen LogP contribution in [-0.4, -0.2) is 33.1 Å². The van der Waals surface area contributed by atoms with E-state index in [4.69, 9.17) is 5.73 Å². The molecule has 2 heterocycles. The van der Waals surface area contributed by atoms with Crippen molar-refractivity contribution in [2.45, 2.75) is 25.8 Å². The zero-order chi connectivity index (χ0) is 13.0. The fourth-order valence-corrected chi connectivity index (χ4v) is 1.68. The highest BCUT2D eigenvalue weighted by Crippen LogP contribution is 2.02. The van der Waals surface area contributed by atoms with Crippen LogP contribution >= 0.6 is 0 Å².